The quantitative estimate of drug-likeness (QED) is 0.595. The van der Waals surface area contributed by atoms with Crippen LogP contribution in [0.2, 0.25) is 0 Å². The van der Waals surface area contributed by atoms with Gasteiger partial charge in [-0.1, -0.05) is 37.3 Å². The normalized spacial score (nSPS) is 10.4. The smallest absolute Gasteiger partial charge is 0.229 e. The second-order valence-corrected chi connectivity index (χ2v) is 6.01. The fourth-order valence-corrected chi connectivity index (χ4v) is 2.52. The number of anilines is 3. The number of benzene rings is 2. The molecule has 5 nitrogen and oxygen atoms in total. The Morgan fingerprint density at radius 3 is 2.38 bits per heavy atom. The van der Waals surface area contributed by atoms with Crippen molar-refractivity contribution in [1.82, 2.24) is 9.97 Å². The lowest BCUT2D eigenvalue weighted by molar-refractivity contribution is 0.101. The molecule has 0 aliphatic carbocycles. The summed E-state index contributed by atoms with van der Waals surface area (Å²) >= 11 is 0. The lowest BCUT2D eigenvalue weighted by Gasteiger charge is -2.11. The molecule has 0 saturated carbocycles. The molecular formula is C21H22N4O. The van der Waals surface area contributed by atoms with E-state index in [4.69, 9.17) is 0 Å². The highest BCUT2D eigenvalue weighted by Gasteiger charge is 2.07. The third-order valence-corrected chi connectivity index (χ3v) is 3.90. The van der Waals surface area contributed by atoms with Gasteiger partial charge >= 0.3 is 0 Å². The molecule has 132 valence electrons. The predicted octanol–water partition coefficient (Wildman–Crippen LogP) is 4.91. The van der Waals surface area contributed by atoms with Crippen molar-refractivity contribution in [2.75, 3.05) is 17.2 Å². The highest BCUT2D eigenvalue weighted by molar-refractivity contribution is 5.94. The Bertz CT molecular complexity index is 876. The molecule has 0 radical (unpaired) electrons. The topological polar surface area (TPSA) is 66.9 Å². The zero-order valence-corrected chi connectivity index (χ0v) is 15.0. The average molecular weight is 346 g/mol. The minimum atomic E-state index is 0.0462. The van der Waals surface area contributed by atoms with Crippen LogP contribution in [0.1, 0.15) is 30.6 Å². The van der Waals surface area contributed by atoms with E-state index < -0.39 is 0 Å². The molecular weight excluding hydrogens is 324 g/mol. The molecule has 2 N–H and O–H groups in total. The van der Waals surface area contributed by atoms with Crippen molar-refractivity contribution in [1.29, 1.82) is 0 Å². The Morgan fingerprint density at radius 2 is 1.73 bits per heavy atom. The first kappa shape index (κ1) is 17.6. The van der Waals surface area contributed by atoms with Gasteiger partial charge in [-0.3, -0.25) is 4.79 Å². The van der Waals surface area contributed by atoms with Gasteiger partial charge in [0.05, 0.1) is 5.69 Å². The summed E-state index contributed by atoms with van der Waals surface area (Å²) in [5.74, 6) is 1.34. The lowest BCUT2D eigenvalue weighted by atomic mass is 10.1. The van der Waals surface area contributed by atoms with Gasteiger partial charge in [-0.2, -0.15) is 4.98 Å². The minimum absolute atomic E-state index is 0.0462. The molecule has 0 unspecified atom stereocenters. The molecule has 26 heavy (non-hydrogen) atoms. The van der Waals surface area contributed by atoms with E-state index in [1.807, 2.05) is 48.5 Å². The Labute approximate surface area is 153 Å². The Morgan fingerprint density at radius 1 is 1.00 bits per heavy atom. The summed E-state index contributed by atoms with van der Waals surface area (Å²) in [6.45, 7) is 4.51. The van der Waals surface area contributed by atoms with Crippen molar-refractivity contribution in [3.8, 4) is 11.3 Å². The third-order valence-electron chi connectivity index (χ3n) is 3.90. The second-order valence-electron chi connectivity index (χ2n) is 6.01. The number of hydrogen-bond acceptors (Lipinski definition) is 5. The maximum Gasteiger partial charge on any atom is 0.229 e. The number of aromatic nitrogens is 2. The van der Waals surface area contributed by atoms with Gasteiger partial charge in [-0.25, -0.2) is 4.98 Å². The standard InChI is InChI=1S/C21H22N4O/c1-3-13-22-20-14-19(17-7-5-4-6-8-17)24-21(25-20)23-18-11-9-16(10-12-18)15(2)26/h4-12,14H,3,13H2,1-2H3,(H2,22,23,24,25). The van der Waals surface area contributed by atoms with E-state index >= 15 is 0 Å². The highest BCUT2D eigenvalue weighted by Crippen LogP contribution is 2.23. The zero-order valence-electron chi connectivity index (χ0n) is 15.0. The number of Topliss-reactive ketones (excluding diaryl/α,β-unsaturated/α-hetero) is 1. The van der Waals surface area contributed by atoms with E-state index in [1.54, 1.807) is 19.1 Å². The van der Waals surface area contributed by atoms with Crippen molar-refractivity contribution in [2.24, 2.45) is 0 Å². The monoisotopic (exact) mass is 346 g/mol. The molecule has 0 spiro atoms. The fourth-order valence-electron chi connectivity index (χ4n) is 2.52. The van der Waals surface area contributed by atoms with Crippen LogP contribution in [-0.4, -0.2) is 22.3 Å². The van der Waals surface area contributed by atoms with Gasteiger partial charge < -0.3 is 10.6 Å². The summed E-state index contributed by atoms with van der Waals surface area (Å²) in [6.07, 6.45) is 1.01. The van der Waals surface area contributed by atoms with Gasteiger partial charge in [0.2, 0.25) is 5.95 Å². The van der Waals surface area contributed by atoms with Gasteiger partial charge in [0.1, 0.15) is 5.82 Å². The summed E-state index contributed by atoms with van der Waals surface area (Å²) in [4.78, 5) is 20.6. The third kappa shape index (κ3) is 4.45. The van der Waals surface area contributed by atoms with Crippen LogP contribution in [0, 0.1) is 0 Å². The number of nitrogens with zero attached hydrogens (tertiary/aromatic N) is 2. The number of carbonyl (C=O) groups is 1. The lowest BCUT2D eigenvalue weighted by Crippen LogP contribution is -2.06. The maximum absolute atomic E-state index is 11.4. The Kier molecular flexibility index (Phi) is 5.59. The summed E-state index contributed by atoms with van der Waals surface area (Å²) in [6, 6.07) is 19.3. The van der Waals surface area contributed by atoms with Crippen LogP contribution in [0.15, 0.2) is 60.7 Å². The van der Waals surface area contributed by atoms with Crippen LogP contribution in [-0.2, 0) is 0 Å². The molecule has 1 heterocycles. The first-order valence-corrected chi connectivity index (χ1v) is 8.72. The zero-order chi connectivity index (χ0) is 18.4. The number of ketones is 1. The van der Waals surface area contributed by atoms with Crippen LogP contribution in [0.5, 0.6) is 0 Å². The molecule has 0 fully saturated rings. The van der Waals surface area contributed by atoms with Gasteiger partial charge in [0, 0.05) is 29.4 Å². The van der Waals surface area contributed by atoms with E-state index in [1.165, 1.54) is 0 Å². The summed E-state index contributed by atoms with van der Waals surface area (Å²) in [5.41, 5.74) is 3.40. The van der Waals surface area contributed by atoms with Crippen LogP contribution in [0.4, 0.5) is 17.5 Å². The van der Waals surface area contributed by atoms with Crippen LogP contribution < -0.4 is 10.6 Å². The molecule has 3 rings (SSSR count). The number of rotatable bonds is 7. The molecule has 0 amide bonds. The molecule has 3 aromatic rings. The van der Waals surface area contributed by atoms with Crippen molar-refractivity contribution >= 4 is 23.2 Å². The van der Waals surface area contributed by atoms with Crippen molar-refractivity contribution < 1.29 is 4.79 Å². The molecule has 0 bridgehead atoms. The van der Waals surface area contributed by atoms with Gasteiger partial charge in [0.15, 0.2) is 5.78 Å². The summed E-state index contributed by atoms with van der Waals surface area (Å²) in [7, 11) is 0. The van der Waals surface area contributed by atoms with Crippen LogP contribution in [0.25, 0.3) is 11.3 Å². The number of hydrogen-bond donors (Lipinski definition) is 2. The number of carbonyl (C=O) groups excluding carboxylic acids is 1. The van der Waals surface area contributed by atoms with Crippen LogP contribution >= 0.6 is 0 Å². The molecule has 2 aromatic carbocycles. The highest BCUT2D eigenvalue weighted by atomic mass is 16.1. The first-order chi connectivity index (χ1) is 12.7. The largest absolute Gasteiger partial charge is 0.370 e. The fraction of sp³-hybridized carbons (Fsp3) is 0.190. The molecule has 0 aliphatic rings. The van der Waals surface area contributed by atoms with Crippen molar-refractivity contribution in [3.05, 3.63) is 66.2 Å². The Balaban J connectivity index is 1.90. The molecule has 5 heteroatoms. The van der Waals surface area contributed by atoms with Crippen LogP contribution in [0.3, 0.4) is 0 Å². The Hall–Kier alpha value is -3.21. The second kappa shape index (κ2) is 8.25. The van der Waals surface area contributed by atoms with E-state index in [9.17, 15) is 4.79 Å². The van der Waals surface area contributed by atoms with Gasteiger partial charge in [-0.05, 0) is 37.6 Å². The molecule has 0 aliphatic heterocycles. The molecule has 1 aromatic heterocycles. The molecule has 0 atom stereocenters. The van der Waals surface area contributed by atoms with Crippen molar-refractivity contribution in [3.63, 3.8) is 0 Å². The number of nitrogens with one attached hydrogen (secondary N) is 2. The van der Waals surface area contributed by atoms with E-state index in [2.05, 4.69) is 27.5 Å². The average Bonchev–Trinajstić information content (AvgIpc) is 2.67. The first-order valence-electron chi connectivity index (χ1n) is 8.72. The van der Waals surface area contributed by atoms with E-state index in [0.717, 1.165) is 35.7 Å². The van der Waals surface area contributed by atoms with Gasteiger partial charge in [0.25, 0.3) is 0 Å². The summed E-state index contributed by atoms with van der Waals surface area (Å²) in [5, 5.41) is 6.54. The predicted molar refractivity (Wildman–Crippen MR) is 106 cm³/mol. The SMILES string of the molecule is CCCNc1cc(-c2ccccc2)nc(Nc2ccc(C(C)=O)cc2)n1. The minimum Gasteiger partial charge on any atom is -0.370 e. The van der Waals surface area contributed by atoms with Gasteiger partial charge in [-0.15, -0.1) is 0 Å². The van der Waals surface area contributed by atoms with Crippen molar-refractivity contribution in [2.45, 2.75) is 20.3 Å². The molecule has 0 saturated heterocycles. The van der Waals surface area contributed by atoms with E-state index in [0.29, 0.717) is 11.5 Å². The maximum atomic E-state index is 11.4. The van der Waals surface area contributed by atoms with E-state index in [-0.39, 0.29) is 5.78 Å². The summed E-state index contributed by atoms with van der Waals surface area (Å²) < 4.78 is 0.